The molecule has 5 atom stereocenters. The van der Waals surface area contributed by atoms with E-state index in [1.807, 2.05) is 0 Å². The monoisotopic (exact) mass is 448 g/mol. The van der Waals surface area contributed by atoms with Crippen LogP contribution in [0.25, 0.3) is 22.3 Å². The normalized spacial score (nSPS) is 25.7. The van der Waals surface area contributed by atoms with Crippen molar-refractivity contribution in [2.75, 3.05) is 6.61 Å². The minimum Gasteiger partial charge on any atom is -0.508 e. The van der Waals surface area contributed by atoms with Crippen molar-refractivity contribution in [2.24, 2.45) is 0 Å². The van der Waals surface area contributed by atoms with E-state index in [1.165, 1.54) is 24.3 Å². The van der Waals surface area contributed by atoms with Gasteiger partial charge in [0.2, 0.25) is 12.0 Å². The minimum absolute atomic E-state index is 0.00895. The van der Waals surface area contributed by atoms with Gasteiger partial charge in [-0.3, -0.25) is 4.79 Å². The zero-order chi connectivity index (χ0) is 23.2. The zero-order valence-electron chi connectivity index (χ0n) is 16.3. The Kier molecular flexibility index (Phi) is 5.67. The average molecular weight is 448 g/mol. The van der Waals surface area contributed by atoms with Crippen LogP contribution in [0.4, 0.5) is 0 Å². The lowest BCUT2D eigenvalue weighted by molar-refractivity contribution is -0.277. The van der Waals surface area contributed by atoms with Gasteiger partial charge in [-0.1, -0.05) is 0 Å². The second-order valence-corrected chi connectivity index (χ2v) is 7.28. The molecule has 0 bridgehead atoms. The van der Waals surface area contributed by atoms with Gasteiger partial charge in [0.1, 0.15) is 46.9 Å². The van der Waals surface area contributed by atoms with Crippen molar-refractivity contribution >= 4 is 11.0 Å². The molecule has 2 heterocycles. The van der Waals surface area contributed by atoms with Gasteiger partial charge in [-0.25, -0.2) is 0 Å². The predicted octanol–water partition coefficient (Wildman–Crippen LogP) is -0.245. The molecule has 1 saturated heterocycles. The molecule has 170 valence electrons. The first-order valence-corrected chi connectivity index (χ1v) is 9.50. The highest BCUT2D eigenvalue weighted by Crippen LogP contribution is 2.42. The molecule has 0 saturated carbocycles. The Morgan fingerprint density at radius 1 is 0.906 bits per heavy atom. The second-order valence-electron chi connectivity index (χ2n) is 7.28. The largest absolute Gasteiger partial charge is 0.508 e. The smallest absolute Gasteiger partial charge is 0.229 e. The summed E-state index contributed by atoms with van der Waals surface area (Å²) >= 11 is 0. The lowest BCUT2D eigenvalue weighted by Gasteiger charge is -2.39. The van der Waals surface area contributed by atoms with Crippen LogP contribution in [0, 0.1) is 0 Å². The van der Waals surface area contributed by atoms with Crippen molar-refractivity contribution in [3.05, 3.63) is 46.6 Å². The first-order chi connectivity index (χ1) is 15.2. The topological polar surface area (TPSA) is 190 Å². The first-order valence-electron chi connectivity index (χ1n) is 9.50. The highest BCUT2D eigenvalue weighted by Gasteiger charge is 2.45. The van der Waals surface area contributed by atoms with Crippen molar-refractivity contribution in [3.8, 4) is 34.3 Å². The number of rotatable bonds is 4. The van der Waals surface area contributed by atoms with Crippen LogP contribution >= 0.6 is 0 Å². The van der Waals surface area contributed by atoms with Gasteiger partial charge in [-0.05, 0) is 24.3 Å². The fourth-order valence-electron chi connectivity index (χ4n) is 3.42. The third kappa shape index (κ3) is 3.72. The van der Waals surface area contributed by atoms with Gasteiger partial charge in [0.05, 0.1) is 6.61 Å². The molecule has 2 aromatic carbocycles. The number of aliphatic hydroxyl groups excluding tert-OH is 4. The summed E-state index contributed by atoms with van der Waals surface area (Å²) in [6.07, 6.45) is -7.99. The van der Waals surface area contributed by atoms with Crippen molar-refractivity contribution in [1.82, 2.24) is 0 Å². The maximum Gasteiger partial charge on any atom is 0.229 e. The van der Waals surface area contributed by atoms with Crippen LogP contribution < -0.4 is 10.2 Å². The third-order valence-corrected chi connectivity index (χ3v) is 5.17. The van der Waals surface area contributed by atoms with Crippen LogP contribution in [0.5, 0.6) is 23.0 Å². The van der Waals surface area contributed by atoms with E-state index < -0.39 is 60.0 Å². The molecule has 3 aromatic rings. The van der Waals surface area contributed by atoms with E-state index in [2.05, 4.69) is 0 Å². The van der Waals surface area contributed by atoms with Crippen LogP contribution in [-0.2, 0) is 4.74 Å². The van der Waals surface area contributed by atoms with E-state index >= 15 is 0 Å². The zero-order valence-corrected chi connectivity index (χ0v) is 16.3. The van der Waals surface area contributed by atoms with Crippen molar-refractivity contribution in [1.29, 1.82) is 0 Å². The summed E-state index contributed by atoms with van der Waals surface area (Å²) in [5.41, 5.74) is -0.386. The molecule has 1 aliphatic heterocycles. The number of aliphatic hydroxyl groups is 4. The lowest BCUT2D eigenvalue weighted by atomic mass is 9.99. The van der Waals surface area contributed by atoms with Gasteiger partial charge in [-0.15, -0.1) is 0 Å². The number of hydrogen-bond acceptors (Lipinski definition) is 11. The van der Waals surface area contributed by atoms with E-state index in [1.54, 1.807) is 0 Å². The van der Waals surface area contributed by atoms with Crippen LogP contribution in [-0.4, -0.2) is 73.1 Å². The Morgan fingerprint density at radius 2 is 1.59 bits per heavy atom. The van der Waals surface area contributed by atoms with Gasteiger partial charge >= 0.3 is 0 Å². The van der Waals surface area contributed by atoms with Gasteiger partial charge < -0.3 is 49.6 Å². The summed E-state index contributed by atoms with van der Waals surface area (Å²) < 4.78 is 16.3. The third-order valence-electron chi connectivity index (χ3n) is 5.17. The molecule has 11 heteroatoms. The molecule has 0 aliphatic carbocycles. The number of phenolic OH excluding ortho intramolecular Hbond substituents is 3. The molecule has 0 spiro atoms. The highest BCUT2D eigenvalue weighted by atomic mass is 16.7. The maximum atomic E-state index is 12.6. The fourth-order valence-corrected chi connectivity index (χ4v) is 3.42. The fraction of sp³-hybridized carbons (Fsp3) is 0.286. The lowest BCUT2D eigenvalue weighted by Crippen LogP contribution is -2.60. The Labute approximate surface area is 179 Å². The molecule has 7 N–H and O–H groups in total. The van der Waals surface area contributed by atoms with Crippen molar-refractivity contribution in [3.63, 3.8) is 0 Å². The van der Waals surface area contributed by atoms with E-state index in [0.717, 1.165) is 12.1 Å². The molecule has 32 heavy (non-hydrogen) atoms. The van der Waals surface area contributed by atoms with E-state index in [9.17, 15) is 40.5 Å². The van der Waals surface area contributed by atoms with E-state index in [4.69, 9.17) is 13.9 Å². The molecule has 1 aromatic heterocycles. The maximum absolute atomic E-state index is 12.6. The number of aromatic hydroxyl groups is 3. The molecular formula is C21H20O11. The number of fused-ring (bicyclic) bond motifs is 1. The van der Waals surface area contributed by atoms with Gasteiger partial charge in [0.15, 0.2) is 16.9 Å². The van der Waals surface area contributed by atoms with Gasteiger partial charge in [0, 0.05) is 17.7 Å². The minimum atomic E-state index is -1.76. The van der Waals surface area contributed by atoms with Crippen molar-refractivity contribution < 1.29 is 49.6 Å². The van der Waals surface area contributed by atoms with Gasteiger partial charge in [0.25, 0.3) is 0 Å². The molecule has 0 amide bonds. The van der Waals surface area contributed by atoms with Crippen LogP contribution in [0.3, 0.4) is 0 Å². The van der Waals surface area contributed by atoms with E-state index in [0.29, 0.717) is 5.56 Å². The SMILES string of the molecule is O=c1cc(-c2ccc(O)cc2)oc2cc(O[C@@H]3OC(CO)[C@@H](O)[C@H](O)C3O)c(O)c(O)c12. The quantitative estimate of drug-likeness (QED) is 0.261. The molecular weight excluding hydrogens is 428 g/mol. The molecule has 0 radical (unpaired) electrons. The average Bonchev–Trinajstić information content (AvgIpc) is 2.77. The van der Waals surface area contributed by atoms with Crippen LogP contribution in [0.2, 0.25) is 0 Å². The molecule has 2 unspecified atom stereocenters. The van der Waals surface area contributed by atoms with Crippen molar-refractivity contribution in [2.45, 2.75) is 30.7 Å². The highest BCUT2D eigenvalue weighted by molar-refractivity contribution is 5.89. The standard InChI is InChI=1S/C21H20O11/c22-7-14-17(26)19(28)20(29)21(32-14)31-13-6-12-15(18(27)16(13)25)10(24)5-11(30-12)8-1-3-9(23)4-2-8/h1-6,14,17,19-23,25-29H,7H2/t14?,17-,19+,20?,21-/m1/s1. The summed E-state index contributed by atoms with van der Waals surface area (Å²) in [5.74, 6) is -2.03. The summed E-state index contributed by atoms with van der Waals surface area (Å²) in [5, 5.41) is 69.0. The summed E-state index contributed by atoms with van der Waals surface area (Å²) in [4.78, 5) is 12.6. The summed E-state index contributed by atoms with van der Waals surface area (Å²) in [6, 6.07) is 7.97. The number of phenols is 3. The molecule has 11 nitrogen and oxygen atoms in total. The Morgan fingerprint density at radius 3 is 2.25 bits per heavy atom. The predicted molar refractivity (Wildman–Crippen MR) is 107 cm³/mol. The van der Waals surface area contributed by atoms with Crippen LogP contribution in [0.15, 0.2) is 45.6 Å². The summed E-state index contributed by atoms with van der Waals surface area (Å²) in [7, 11) is 0. The molecule has 1 fully saturated rings. The molecule has 4 rings (SSSR count). The number of benzene rings is 2. The summed E-state index contributed by atoms with van der Waals surface area (Å²) in [6.45, 7) is -0.690. The number of hydrogen-bond donors (Lipinski definition) is 7. The molecule has 1 aliphatic rings. The Hall–Kier alpha value is -3.35. The van der Waals surface area contributed by atoms with Crippen LogP contribution in [0.1, 0.15) is 0 Å². The van der Waals surface area contributed by atoms with E-state index in [-0.39, 0.29) is 22.5 Å². The first kappa shape index (κ1) is 21.9. The van der Waals surface area contributed by atoms with Gasteiger partial charge in [-0.2, -0.15) is 0 Å². The Bertz CT molecular complexity index is 1190. The number of ether oxygens (including phenoxy) is 2. The Balaban J connectivity index is 1.76. The second kappa shape index (κ2) is 8.30.